The summed E-state index contributed by atoms with van der Waals surface area (Å²) in [4.78, 5) is 0. The summed E-state index contributed by atoms with van der Waals surface area (Å²) in [5.41, 5.74) is 0. The summed E-state index contributed by atoms with van der Waals surface area (Å²) in [5.74, 6) is 0.380. The Morgan fingerprint density at radius 2 is 0.833 bits per heavy atom. The van der Waals surface area contributed by atoms with E-state index in [0.29, 0.717) is 0 Å². The Bertz CT molecular complexity index is 120. The van der Waals surface area contributed by atoms with E-state index in [1.54, 1.807) is 0 Å². The molecule has 12 heavy (non-hydrogen) atoms. The van der Waals surface area contributed by atoms with E-state index in [4.69, 9.17) is 10.5 Å². The van der Waals surface area contributed by atoms with Crippen LogP contribution in [0.15, 0.2) is 0 Å². The maximum Gasteiger partial charge on any atom is 0.0649 e. The van der Waals surface area contributed by atoms with Crippen LogP contribution in [0.4, 0.5) is 0 Å². The SMILES string of the molecule is CC(C)C#N.CC(C)C#N.N.N. The highest BCUT2D eigenvalue weighted by Crippen LogP contribution is 1.82. The lowest BCUT2D eigenvalue weighted by molar-refractivity contribution is 0.849. The molecule has 0 aliphatic heterocycles. The molecule has 0 rings (SSSR count). The summed E-state index contributed by atoms with van der Waals surface area (Å²) >= 11 is 0. The van der Waals surface area contributed by atoms with Gasteiger partial charge in [0.1, 0.15) is 0 Å². The summed E-state index contributed by atoms with van der Waals surface area (Å²) < 4.78 is 0. The van der Waals surface area contributed by atoms with Crippen LogP contribution in [0.2, 0.25) is 0 Å². The highest BCUT2D eigenvalue weighted by Gasteiger charge is 1.79. The Kier molecular flexibility index (Phi) is 30.8. The van der Waals surface area contributed by atoms with Gasteiger partial charge in [-0.05, 0) is 27.7 Å². The Hall–Kier alpha value is -1.10. The molecular weight excluding hydrogens is 152 g/mol. The Labute approximate surface area is 75.4 Å². The normalized spacial score (nSPS) is 6.33. The molecule has 0 fully saturated rings. The molecule has 0 saturated carbocycles. The van der Waals surface area contributed by atoms with E-state index in [2.05, 4.69) is 0 Å². The highest BCUT2D eigenvalue weighted by atomic mass is 14.2. The van der Waals surface area contributed by atoms with Gasteiger partial charge in [0.05, 0.1) is 12.1 Å². The summed E-state index contributed by atoms with van der Waals surface area (Å²) in [6.07, 6.45) is 0. The first-order valence-electron chi connectivity index (χ1n) is 3.33. The van der Waals surface area contributed by atoms with Crippen LogP contribution in [0.25, 0.3) is 0 Å². The molecule has 0 atom stereocenters. The van der Waals surface area contributed by atoms with Gasteiger partial charge in [0, 0.05) is 11.8 Å². The first kappa shape index (κ1) is 22.4. The van der Waals surface area contributed by atoms with Crippen LogP contribution in [0.3, 0.4) is 0 Å². The lowest BCUT2D eigenvalue weighted by Crippen LogP contribution is -1.72. The first-order valence-corrected chi connectivity index (χ1v) is 3.33. The Morgan fingerprint density at radius 1 is 0.750 bits per heavy atom. The van der Waals surface area contributed by atoms with Crippen molar-refractivity contribution >= 4 is 0 Å². The molecule has 0 spiro atoms. The van der Waals surface area contributed by atoms with Crippen LogP contribution in [0, 0.1) is 34.5 Å². The van der Waals surface area contributed by atoms with Crippen molar-refractivity contribution in [1.82, 2.24) is 12.3 Å². The largest absolute Gasteiger partial charge is 0.344 e. The van der Waals surface area contributed by atoms with Gasteiger partial charge in [-0.2, -0.15) is 10.5 Å². The molecule has 4 nitrogen and oxygen atoms in total. The topological polar surface area (TPSA) is 118 Å². The first-order chi connectivity index (χ1) is 4.54. The smallest absolute Gasteiger partial charge is 0.0649 e. The summed E-state index contributed by atoms with van der Waals surface area (Å²) in [6, 6.07) is 4.06. The van der Waals surface area contributed by atoms with Crippen molar-refractivity contribution < 1.29 is 0 Å². The second-order valence-corrected chi connectivity index (χ2v) is 2.57. The van der Waals surface area contributed by atoms with Gasteiger partial charge in [0.2, 0.25) is 0 Å². The third kappa shape index (κ3) is 66.0. The number of nitrogens with zero attached hydrogens (tertiary/aromatic N) is 2. The zero-order chi connectivity index (χ0) is 8.57. The molecule has 0 saturated heterocycles. The van der Waals surface area contributed by atoms with Crippen molar-refractivity contribution in [2.45, 2.75) is 27.7 Å². The van der Waals surface area contributed by atoms with Gasteiger partial charge in [-0.3, -0.25) is 0 Å². The monoisotopic (exact) mass is 172 g/mol. The number of nitriles is 2. The van der Waals surface area contributed by atoms with Crippen molar-refractivity contribution in [2.24, 2.45) is 11.8 Å². The number of rotatable bonds is 0. The Balaban J connectivity index is -0.0000000457. The summed E-state index contributed by atoms with van der Waals surface area (Å²) in [7, 11) is 0. The van der Waals surface area contributed by atoms with Crippen molar-refractivity contribution in [2.75, 3.05) is 0 Å². The molecule has 0 unspecified atom stereocenters. The van der Waals surface area contributed by atoms with Gasteiger partial charge in [-0.15, -0.1) is 0 Å². The van der Waals surface area contributed by atoms with Crippen molar-refractivity contribution in [3.63, 3.8) is 0 Å². The quantitative estimate of drug-likeness (QED) is 0.583. The van der Waals surface area contributed by atoms with Gasteiger partial charge in [0.25, 0.3) is 0 Å². The van der Waals surface area contributed by atoms with Crippen molar-refractivity contribution in [3.8, 4) is 12.1 Å². The van der Waals surface area contributed by atoms with Gasteiger partial charge in [-0.25, -0.2) is 0 Å². The van der Waals surface area contributed by atoms with E-state index in [1.807, 2.05) is 39.8 Å². The lowest BCUT2D eigenvalue weighted by atomic mass is 10.3. The minimum atomic E-state index is 0. The molecule has 6 N–H and O–H groups in total. The van der Waals surface area contributed by atoms with E-state index >= 15 is 0 Å². The number of hydrogen-bond acceptors (Lipinski definition) is 4. The standard InChI is InChI=1S/2C4H7N.2H3N/c2*1-4(2)3-5;;/h2*4H,1-2H3;2*1H3. The van der Waals surface area contributed by atoms with Gasteiger partial charge in [0.15, 0.2) is 0 Å². The third-order valence-electron chi connectivity index (χ3n) is 0.516. The van der Waals surface area contributed by atoms with Gasteiger partial charge in [-0.1, -0.05) is 0 Å². The highest BCUT2D eigenvalue weighted by molar-refractivity contribution is 4.73. The minimum Gasteiger partial charge on any atom is -0.344 e. The summed E-state index contributed by atoms with van der Waals surface area (Å²) in [6.45, 7) is 7.44. The Morgan fingerprint density at radius 3 is 0.833 bits per heavy atom. The molecule has 0 bridgehead atoms. The second-order valence-electron chi connectivity index (χ2n) is 2.57. The van der Waals surface area contributed by atoms with E-state index in [1.165, 1.54) is 0 Å². The molecule has 0 amide bonds. The predicted molar refractivity (Wildman–Crippen MR) is 50.9 cm³/mol. The fourth-order valence-corrected chi connectivity index (χ4v) is 0. The molecular formula is C8H20N4. The van der Waals surface area contributed by atoms with Gasteiger partial charge < -0.3 is 12.3 Å². The molecule has 0 radical (unpaired) electrons. The molecule has 0 aromatic carbocycles. The van der Waals surface area contributed by atoms with Crippen LogP contribution in [0.1, 0.15) is 27.7 Å². The lowest BCUT2D eigenvalue weighted by Gasteiger charge is -1.75. The average Bonchev–Trinajstić information content (AvgIpc) is 1.89. The summed E-state index contributed by atoms with van der Waals surface area (Å²) in [5, 5.41) is 15.8. The zero-order valence-corrected chi connectivity index (χ0v) is 8.46. The van der Waals surface area contributed by atoms with Gasteiger partial charge >= 0.3 is 0 Å². The van der Waals surface area contributed by atoms with Crippen LogP contribution in [-0.2, 0) is 0 Å². The number of hydrogen-bond donors (Lipinski definition) is 2. The van der Waals surface area contributed by atoms with Crippen LogP contribution < -0.4 is 12.3 Å². The third-order valence-corrected chi connectivity index (χ3v) is 0.516. The molecule has 0 aromatic heterocycles. The fourth-order valence-electron chi connectivity index (χ4n) is 0. The predicted octanol–water partition coefficient (Wildman–Crippen LogP) is 2.66. The minimum absolute atomic E-state index is 0. The van der Waals surface area contributed by atoms with E-state index < -0.39 is 0 Å². The molecule has 0 aromatic rings. The van der Waals surface area contributed by atoms with E-state index in [0.717, 1.165) is 0 Å². The maximum atomic E-state index is 7.89. The van der Waals surface area contributed by atoms with Crippen molar-refractivity contribution in [3.05, 3.63) is 0 Å². The molecule has 4 heteroatoms. The van der Waals surface area contributed by atoms with E-state index in [9.17, 15) is 0 Å². The molecule has 0 aliphatic rings. The zero-order valence-electron chi connectivity index (χ0n) is 8.46. The second kappa shape index (κ2) is 16.5. The van der Waals surface area contributed by atoms with Crippen LogP contribution in [0.5, 0.6) is 0 Å². The van der Waals surface area contributed by atoms with Crippen LogP contribution in [-0.4, -0.2) is 0 Å². The van der Waals surface area contributed by atoms with E-state index in [-0.39, 0.29) is 24.1 Å². The maximum absolute atomic E-state index is 7.89. The fraction of sp³-hybridized carbons (Fsp3) is 0.750. The van der Waals surface area contributed by atoms with Crippen molar-refractivity contribution in [1.29, 1.82) is 10.5 Å². The molecule has 0 heterocycles. The van der Waals surface area contributed by atoms with Crippen LogP contribution >= 0.6 is 0 Å². The molecule has 72 valence electrons. The molecule has 0 aliphatic carbocycles. The average molecular weight is 172 g/mol.